The number of anilines is 1. The van der Waals surface area contributed by atoms with Crippen LogP contribution in [-0.4, -0.2) is 28.8 Å². The van der Waals surface area contributed by atoms with E-state index in [9.17, 15) is 13.6 Å². The van der Waals surface area contributed by atoms with Crippen LogP contribution in [0.25, 0.3) is 5.69 Å². The van der Waals surface area contributed by atoms with Gasteiger partial charge in [-0.15, -0.1) is 0 Å². The van der Waals surface area contributed by atoms with Gasteiger partial charge in [-0.25, -0.2) is 13.5 Å². The molecule has 1 saturated heterocycles. The van der Waals surface area contributed by atoms with E-state index in [0.29, 0.717) is 16.9 Å². The zero-order chi connectivity index (χ0) is 20.4. The van der Waals surface area contributed by atoms with Crippen LogP contribution < -0.4 is 10.6 Å². The molecule has 2 aromatic carbocycles. The summed E-state index contributed by atoms with van der Waals surface area (Å²) < 4.78 is 28.8. The van der Waals surface area contributed by atoms with Crippen molar-refractivity contribution in [1.29, 1.82) is 0 Å². The number of aromatic nitrogens is 2. The molecule has 4 rings (SSSR count). The Hall–Kier alpha value is -2.77. The van der Waals surface area contributed by atoms with Crippen molar-refractivity contribution in [1.82, 2.24) is 15.1 Å². The molecule has 2 N–H and O–H groups in total. The zero-order valence-corrected chi connectivity index (χ0v) is 16.2. The number of carbonyl (C=O) groups is 1. The number of amides is 1. The predicted molar refractivity (Wildman–Crippen MR) is 108 cm³/mol. The Morgan fingerprint density at radius 2 is 1.97 bits per heavy atom. The van der Waals surface area contributed by atoms with Crippen LogP contribution in [0.3, 0.4) is 0 Å². The number of nitrogens with zero attached hydrogens (tertiary/aromatic N) is 2. The number of carbonyl (C=O) groups excluding carboxylic acids is 1. The van der Waals surface area contributed by atoms with Crippen LogP contribution in [0.2, 0.25) is 5.02 Å². The second-order valence-electron chi connectivity index (χ2n) is 6.94. The second-order valence-corrected chi connectivity index (χ2v) is 7.35. The Morgan fingerprint density at radius 1 is 1.17 bits per heavy atom. The van der Waals surface area contributed by atoms with Crippen LogP contribution in [0, 0.1) is 11.6 Å². The van der Waals surface area contributed by atoms with Gasteiger partial charge >= 0.3 is 0 Å². The van der Waals surface area contributed by atoms with Crippen LogP contribution in [0.1, 0.15) is 34.8 Å². The Bertz CT molecular complexity index is 1050. The molecule has 5 nitrogen and oxygen atoms in total. The van der Waals surface area contributed by atoms with Crippen LogP contribution in [0.15, 0.2) is 48.7 Å². The number of benzene rings is 2. The minimum Gasteiger partial charge on any atom is -0.322 e. The number of piperidine rings is 1. The van der Waals surface area contributed by atoms with Crippen molar-refractivity contribution < 1.29 is 13.6 Å². The van der Waals surface area contributed by atoms with Crippen molar-refractivity contribution in [3.05, 3.63) is 76.6 Å². The highest BCUT2D eigenvalue weighted by molar-refractivity contribution is 6.31. The molecule has 2 heterocycles. The first kappa shape index (κ1) is 19.5. The van der Waals surface area contributed by atoms with Crippen molar-refractivity contribution in [2.75, 3.05) is 18.4 Å². The average molecular weight is 417 g/mol. The van der Waals surface area contributed by atoms with E-state index in [1.807, 2.05) is 0 Å². The van der Waals surface area contributed by atoms with Gasteiger partial charge in [0.05, 0.1) is 28.2 Å². The molecule has 3 aromatic rings. The summed E-state index contributed by atoms with van der Waals surface area (Å²) in [6.45, 7) is 1.65. The average Bonchev–Trinajstić information content (AvgIpc) is 3.17. The molecule has 0 unspecified atom stereocenters. The summed E-state index contributed by atoms with van der Waals surface area (Å²) in [6.07, 6.45) is 3.16. The van der Waals surface area contributed by atoms with Crippen molar-refractivity contribution >= 4 is 23.2 Å². The lowest BCUT2D eigenvalue weighted by Gasteiger charge is -2.24. The molecule has 150 valence electrons. The fourth-order valence-corrected chi connectivity index (χ4v) is 3.79. The lowest BCUT2D eigenvalue weighted by Crippen LogP contribution is -2.29. The third-order valence-electron chi connectivity index (χ3n) is 5.01. The molecule has 0 aliphatic carbocycles. The molecule has 1 aromatic heterocycles. The molecule has 0 bridgehead atoms. The summed E-state index contributed by atoms with van der Waals surface area (Å²) in [4.78, 5) is 13.0. The maximum atomic E-state index is 13.8. The molecular formula is C21H19ClF2N4O. The van der Waals surface area contributed by atoms with Gasteiger partial charge < -0.3 is 10.6 Å². The van der Waals surface area contributed by atoms with E-state index in [-0.39, 0.29) is 22.7 Å². The summed E-state index contributed by atoms with van der Waals surface area (Å²) in [5.74, 6) is -1.20. The molecule has 0 saturated carbocycles. The molecule has 1 amide bonds. The normalized spacial score (nSPS) is 14.7. The fraction of sp³-hybridized carbons (Fsp3) is 0.238. The minimum absolute atomic E-state index is 0.0724. The standard InChI is InChI=1S/C21H19ClF2N4O/c22-18-11-15(4-5-19(18)24)27-21(29)17-12-26-28(16-3-1-2-14(23)10-16)20(17)13-6-8-25-9-7-13/h1-5,10-13,25H,6-9H2,(H,27,29). The highest BCUT2D eigenvalue weighted by Crippen LogP contribution is 2.31. The SMILES string of the molecule is O=C(Nc1ccc(F)c(Cl)c1)c1cnn(-c2cccc(F)c2)c1C1CCNCC1. The summed E-state index contributed by atoms with van der Waals surface area (Å²) in [7, 11) is 0. The number of hydrogen-bond acceptors (Lipinski definition) is 3. The summed E-state index contributed by atoms with van der Waals surface area (Å²) in [5, 5.41) is 10.4. The summed E-state index contributed by atoms with van der Waals surface area (Å²) in [5.41, 5.74) is 2.09. The van der Waals surface area contributed by atoms with E-state index in [1.165, 1.54) is 36.5 Å². The van der Waals surface area contributed by atoms with Crippen LogP contribution in [0.4, 0.5) is 14.5 Å². The molecule has 8 heteroatoms. The van der Waals surface area contributed by atoms with Gasteiger partial charge in [0.2, 0.25) is 0 Å². The van der Waals surface area contributed by atoms with Gasteiger partial charge in [-0.05, 0) is 62.3 Å². The van der Waals surface area contributed by atoms with E-state index < -0.39 is 5.82 Å². The highest BCUT2D eigenvalue weighted by atomic mass is 35.5. The topological polar surface area (TPSA) is 59.0 Å². The van der Waals surface area contributed by atoms with Gasteiger partial charge in [-0.2, -0.15) is 5.10 Å². The van der Waals surface area contributed by atoms with E-state index in [2.05, 4.69) is 15.7 Å². The van der Waals surface area contributed by atoms with E-state index in [1.54, 1.807) is 16.8 Å². The smallest absolute Gasteiger partial charge is 0.259 e. The van der Waals surface area contributed by atoms with Crippen LogP contribution >= 0.6 is 11.6 Å². The molecule has 0 spiro atoms. The van der Waals surface area contributed by atoms with E-state index in [4.69, 9.17) is 11.6 Å². The Labute approximate surface area is 171 Å². The maximum Gasteiger partial charge on any atom is 0.259 e. The van der Waals surface area contributed by atoms with Crippen LogP contribution in [-0.2, 0) is 0 Å². The molecule has 1 fully saturated rings. The van der Waals surface area contributed by atoms with Crippen molar-refractivity contribution in [3.63, 3.8) is 0 Å². The van der Waals surface area contributed by atoms with E-state index >= 15 is 0 Å². The number of rotatable bonds is 4. The van der Waals surface area contributed by atoms with Crippen LogP contribution in [0.5, 0.6) is 0 Å². The Balaban J connectivity index is 1.72. The first-order chi connectivity index (χ1) is 14.0. The third kappa shape index (κ3) is 4.16. The van der Waals surface area contributed by atoms with E-state index in [0.717, 1.165) is 31.6 Å². The van der Waals surface area contributed by atoms with Gasteiger partial charge in [0, 0.05) is 11.6 Å². The summed E-state index contributed by atoms with van der Waals surface area (Å²) >= 11 is 5.81. The largest absolute Gasteiger partial charge is 0.322 e. The molecule has 1 aliphatic heterocycles. The van der Waals surface area contributed by atoms with Gasteiger partial charge in [0.25, 0.3) is 5.91 Å². The molecule has 0 atom stereocenters. The maximum absolute atomic E-state index is 13.8. The molecule has 0 radical (unpaired) electrons. The minimum atomic E-state index is -0.556. The number of nitrogens with one attached hydrogen (secondary N) is 2. The highest BCUT2D eigenvalue weighted by Gasteiger charge is 2.27. The number of halogens is 3. The van der Waals surface area contributed by atoms with Crippen molar-refractivity contribution in [2.24, 2.45) is 0 Å². The Morgan fingerprint density at radius 3 is 2.69 bits per heavy atom. The Kier molecular flexibility index (Phi) is 5.60. The number of hydrogen-bond donors (Lipinski definition) is 2. The zero-order valence-electron chi connectivity index (χ0n) is 15.5. The first-order valence-corrected chi connectivity index (χ1v) is 9.71. The summed E-state index contributed by atoms with van der Waals surface area (Å²) in [6, 6.07) is 10.1. The van der Waals surface area contributed by atoms with Crippen molar-refractivity contribution in [2.45, 2.75) is 18.8 Å². The monoisotopic (exact) mass is 416 g/mol. The predicted octanol–water partition coefficient (Wildman–Crippen LogP) is 4.52. The van der Waals surface area contributed by atoms with Gasteiger partial charge in [0.15, 0.2) is 0 Å². The third-order valence-corrected chi connectivity index (χ3v) is 5.30. The molecular weight excluding hydrogens is 398 g/mol. The van der Waals surface area contributed by atoms with Gasteiger partial charge in [-0.3, -0.25) is 4.79 Å². The van der Waals surface area contributed by atoms with Gasteiger partial charge in [0.1, 0.15) is 11.6 Å². The molecule has 1 aliphatic rings. The quantitative estimate of drug-likeness (QED) is 0.657. The second kappa shape index (κ2) is 8.31. The molecule has 29 heavy (non-hydrogen) atoms. The van der Waals surface area contributed by atoms with Gasteiger partial charge in [-0.1, -0.05) is 17.7 Å². The first-order valence-electron chi connectivity index (χ1n) is 9.34. The lowest BCUT2D eigenvalue weighted by molar-refractivity contribution is 0.102. The van der Waals surface area contributed by atoms with Crippen molar-refractivity contribution in [3.8, 4) is 5.69 Å². The fourth-order valence-electron chi connectivity index (χ4n) is 3.61. The lowest BCUT2D eigenvalue weighted by atomic mass is 9.91.